The average Bonchev–Trinajstić information content (AvgIpc) is 2.79. The molecule has 2 atom stereocenters. The van der Waals surface area contributed by atoms with Crippen molar-refractivity contribution in [1.82, 2.24) is 10.3 Å². The highest BCUT2D eigenvalue weighted by Gasteiger charge is 2.40. The van der Waals surface area contributed by atoms with Gasteiger partial charge in [-0.05, 0) is 35.1 Å². The number of nitrogens with one attached hydrogen (secondary N) is 1. The van der Waals surface area contributed by atoms with Gasteiger partial charge in [0.2, 0.25) is 5.91 Å². The first-order valence-electron chi connectivity index (χ1n) is 11.4. The van der Waals surface area contributed by atoms with Crippen LogP contribution in [0, 0.1) is 0 Å². The van der Waals surface area contributed by atoms with Crippen LogP contribution in [-0.2, 0) is 15.6 Å². The minimum absolute atomic E-state index is 0.00701. The molecule has 3 heteroatoms. The first kappa shape index (κ1) is 22.0. The van der Waals surface area contributed by atoms with Gasteiger partial charge in [-0.3, -0.25) is 9.78 Å². The van der Waals surface area contributed by atoms with Crippen molar-refractivity contribution < 1.29 is 4.79 Å². The molecule has 2 aromatic carbocycles. The number of carbonyl (C=O) groups is 1. The molecule has 0 saturated heterocycles. The number of rotatable bonds is 5. The predicted molar refractivity (Wildman–Crippen MR) is 133 cm³/mol. The predicted octanol–water partition coefficient (Wildman–Crippen LogP) is 6.21. The van der Waals surface area contributed by atoms with Crippen molar-refractivity contribution in [1.29, 1.82) is 0 Å². The van der Waals surface area contributed by atoms with E-state index in [1.165, 1.54) is 11.1 Å². The Bertz CT molecular complexity index is 1180. The van der Waals surface area contributed by atoms with Gasteiger partial charge in [0.05, 0.1) is 5.52 Å². The largest absolute Gasteiger partial charge is 0.356 e. The van der Waals surface area contributed by atoms with Crippen molar-refractivity contribution in [2.24, 2.45) is 0 Å². The van der Waals surface area contributed by atoms with Gasteiger partial charge in [-0.25, -0.2) is 0 Å². The average molecular weight is 425 g/mol. The smallest absolute Gasteiger partial charge is 0.216 e. The van der Waals surface area contributed by atoms with Crippen LogP contribution in [0.5, 0.6) is 0 Å². The van der Waals surface area contributed by atoms with Crippen LogP contribution in [0.3, 0.4) is 0 Å². The van der Waals surface area contributed by atoms with Crippen LogP contribution in [0.25, 0.3) is 10.9 Å². The number of allylic oxidation sites excluding steroid dienone is 4. The Balaban J connectivity index is 1.89. The Labute approximate surface area is 191 Å². The number of nitrogens with zero attached hydrogens (tertiary/aromatic N) is 1. The van der Waals surface area contributed by atoms with Gasteiger partial charge < -0.3 is 5.32 Å². The molecule has 1 aliphatic rings. The molecule has 1 heterocycles. The summed E-state index contributed by atoms with van der Waals surface area (Å²) in [4.78, 5) is 17.0. The van der Waals surface area contributed by atoms with Crippen LogP contribution < -0.4 is 5.32 Å². The van der Waals surface area contributed by atoms with Crippen LogP contribution in [-0.4, -0.2) is 17.4 Å². The highest BCUT2D eigenvalue weighted by Crippen LogP contribution is 2.45. The third-order valence-electron chi connectivity index (χ3n) is 6.52. The van der Waals surface area contributed by atoms with E-state index in [0.29, 0.717) is 6.54 Å². The number of hydrogen-bond acceptors (Lipinski definition) is 2. The van der Waals surface area contributed by atoms with E-state index in [0.717, 1.165) is 23.0 Å². The van der Waals surface area contributed by atoms with Crippen molar-refractivity contribution in [3.05, 3.63) is 102 Å². The fraction of sp³-hybridized carbons (Fsp3) is 0.310. The summed E-state index contributed by atoms with van der Waals surface area (Å²) in [6.45, 7) is 8.84. The van der Waals surface area contributed by atoms with Crippen LogP contribution in [0.4, 0.5) is 0 Å². The molecule has 0 spiro atoms. The third kappa shape index (κ3) is 4.38. The van der Waals surface area contributed by atoms with E-state index in [1.54, 1.807) is 6.92 Å². The standard InChI is InChI=1S/C29H32N2O/c1-21(32)30-20-25(27-16-15-22-11-6-7-14-26(22)31-27)29(17-8-5-9-18-29)24-13-10-12-23(19-24)28(2,3)4/h5-17,19,25H,18,20H2,1-4H3,(H,30,32). The van der Waals surface area contributed by atoms with E-state index in [9.17, 15) is 4.79 Å². The monoisotopic (exact) mass is 424 g/mol. The molecule has 32 heavy (non-hydrogen) atoms. The third-order valence-corrected chi connectivity index (χ3v) is 6.52. The van der Waals surface area contributed by atoms with E-state index >= 15 is 0 Å². The van der Waals surface area contributed by atoms with Gasteiger partial charge in [-0.1, -0.05) is 93.6 Å². The second-order valence-corrected chi connectivity index (χ2v) is 9.78. The summed E-state index contributed by atoms with van der Waals surface area (Å²) in [7, 11) is 0. The maximum atomic E-state index is 11.9. The van der Waals surface area contributed by atoms with Crippen molar-refractivity contribution in [2.45, 2.75) is 50.9 Å². The van der Waals surface area contributed by atoms with Crippen molar-refractivity contribution in [3.8, 4) is 0 Å². The Morgan fingerprint density at radius 2 is 1.88 bits per heavy atom. The Morgan fingerprint density at radius 3 is 2.59 bits per heavy atom. The minimum Gasteiger partial charge on any atom is -0.356 e. The van der Waals surface area contributed by atoms with Gasteiger partial charge >= 0.3 is 0 Å². The summed E-state index contributed by atoms with van der Waals surface area (Å²) in [5.41, 5.74) is 4.30. The highest BCUT2D eigenvalue weighted by atomic mass is 16.1. The summed E-state index contributed by atoms with van der Waals surface area (Å²) >= 11 is 0. The van der Waals surface area contributed by atoms with Gasteiger partial charge in [-0.15, -0.1) is 0 Å². The number of carbonyl (C=O) groups excluding carboxylic acids is 1. The number of benzene rings is 2. The lowest BCUT2D eigenvalue weighted by Gasteiger charge is -2.40. The lowest BCUT2D eigenvalue weighted by Crippen LogP contribution is -2.40. The Morgan fingerprint density at radius 1 is 1.06 bits per heavy atom. The van der Waals surface area contributed by atoms with Gasteiger partial charge in [-0.2, -0.15) is 0 Å². The number of hydrogen-bond donors (Lipinski definition) is 1. The number of para-hydroxylation sites is 1. The second kappa shape index (κ2) is 8.74. The molecule has 164 valence electrons. The van der Waals surface area contributed by atoms with Gasteiger partial charge in [0.15, 0.2) is 0 Å². The van der Waals surface area contributed by atoms with Crippen LogP contribution >= 0.6 is 0 Å². The Hall–Kier alpha value is -3.20. The van der Waals surface area contributed by atoms with Gasteiger partial charge in [0, 0.05) is 35.9 Å². The van der Waals surface area contributed by atoms with E-state index in [4.69, 9.17) is 4.98 Å². The fourth-order valence-electron chi connectivity index (χ4n) is 4.66. The van der Waals surface area contributed by atoms with E-state index in [1.807, 2.05) is 12.1 Å². The molecule has 4 rings (SSSR count). The molecule has 0 bridgehead atoms. The molecular weight excluding hydrogens is 392 g/mol. The molecule has 1 N–H and O–H groups in total. The molecule has 0 fully saturated rings. The van der Waals surface area contributed by atoms with Crippen LogP contribution in [0.15, 0.2) is 85.0 Å². The lowest BCUT2D eigenvalue weighted by molar-refractivity contribution is -0.119. The molecule has 3 nitrogen and oxygen atoms in total. The minimum atomic E-state index is -0.298. The molecule has 1 aliphatic carbocycles. The molecule has 1 amide bonds. The molecule has 0 radical (unpaired) electrons. The maximum Gasteiger partial charge on any atom is 0.216 e. The van der Waals surface area contributed by atoms with E-state index < -0.39 is 0 Å². The fourth-order valence-corrected chi connectivity index (χ4v) is 4.66. The molecule has 3 aromatic rings. The second-order valence-electron chi connectivity index (χ2n) is 9.78. The van der Waals surface area contributed by atoms with Crippen LogP contribution in [0.2, 0.25) is 0 Å². The SMILES string of the molecule is CC(=O)NCC(c1ccc2ccccc2n1)C1(c2cccc(C(C)(C)C)c2)C=CC=CC1. The molecule has 0 aliphatic heterocycles. The first-order valence-corrected chi connectivity index (χ1v) is 11.4. The summed E-state index contributed by atoms with van der Waals surface area (Å²) in [6, 6.07) is 21.4. The number of fused-ring (bicyclic) bond motifs is 1. The molecule has 2 unspecified atom stereocenters. The summed E-state index contributed by atoms with van der Waals surface area (Å²) in [6.07, 6.45) is 9.63. The summed E-state index contributed by atoms with van der Waals surface area (Å²) in [5, 5.41) is 4.21. The van der Waals surface area contributed by atoms with Crippen molar-refractivity contribution >= 4 is 16.8 Å². The van der Waals surface area contributed by atoms with Crippen LogP contribution in [0.1, 0.15) is 56.9 Å². The zero-order valence-electron chi connectivity index (χ0n) is 19.4. The molecule has 0 saturated carbocycles. The highest BCUT2D eigenvalue weighted by molar-refractivity contribution is 5.78. The molecule has 1 aromatic heterocycles. The quantitative estimate of drug-likeness (QED) is 0.529. The number of aromatic nitrogens is 1. The number of pyridine rings is 1. The van der Waals surface area contributed by atoms with Crippen molar-refractivity contribution in [2.75, 3.05) is 6.54 Å². The maximum absolute atomic E-state index is 11.9. The van der Waals surface area contributed by atoms with Gasteiger partial charge in [0.1, 0.15) is 0 Å². The van der Waals surface area contributed by atoms with E-state index in [-0.39, 0.29) is 22.7 Å². The number of amides is 1. The Kier molecular flexibility index (Phi) is 6.01. The zero-order chi connectivity index (χ0) is 22.8. The van der Waals surface area contributed by atoms with E-state index in [2.05, 4.69) is 98.9 Å². The van der Waals surface area contributed by atoms with Gasteiger partial charge in [0.25, 0.3) is 0 Å². The molecular formula is C29H32N2O. The summed E-state index contributed by atoms with van der Waals surface area (Å²) in [5.74, 6) is -0.0304. The first-order chi connectivity index (χ1) is 15.3. The summed E-state index contributed by atoms with van der Waals surface area (Å²) < 4.78 is 0. The zero-order valence-corrected chi connectivity index (χ0v) is 19.4. The lowest BCUT2D eigenvalue weighted by atomic mass is 9.64. The normalized spacial score (nSPS) is 19.1. The topological polar surface area (TPSA) is 42.0 Å². The van der Waals surface area contributed by atoms with Crippen molar-refractivity contribution in [3.63, 3.8) is 0 Å².